The molecule has 8 heteroatoms. The maximum Gasteiger partial charge on any atom is 0.415 e. The summed E-state index contributed by atoms with van der Waals surface area (Å²) in [5, 5.41) is 11.0. The molecule has 3 rings (SSSR count). The van der Waals surface area contributed by atoms with Gasteiger partial charge in [-0.25, -0.2) is 4.79 Å². The topological polar surface area (TPSA) is 94.8 Å². The summed E-state index contributed by atoms with van der Waals surface area (Å²) in [6.45, 7) is 11.4. The molecule has 0 fully saturated rings. The predicted octanol–water partition coefficient (Wildman–Crippen LogP) is 6.53. The molecule has 8 nitrogen and oxygen atoms in total. The number of carbonyl (C=O) groups is 1. The Labute approximate surface area is 205 Å². The van der Waals surface area contributed by atoms with Crippen molar-refractivity contribution in [1.29, 1.82) is 0 Å². The highest BCUT2D eigenvalue weighted by Crippen LogP contribution is 2.31. The Hall–Kier alpha value is -3.94. The molecule has 0 spiro atoms. The van der Waals surface area contributed by atoms with Crippen LogP contribution >= 0.6 is 0 Å². The number of nitrogens with zero attached hydrogens (tertiary/aromatic N) is 3. The molecule has 2 aromatic carbocycles. The lowest BCUT2D eigenvalue weighted by Gasteiger charge is -2.28. The Balaban J connectivity index is 2.08. The second kappa shape index (κ2) is 10.1. The van der Waals surface area contributed by atoms with Gasteiger partial charge in [-0.2, -0.15) is 0 Å². The number of rotatable bonds is 6. The summed E-state index contributed by atoms with van der Waals surface area (Å²) >= 11 is 0. The smallest absolute Gasteiger partial charge is 0.415 e. The summed E-state index contributed by atoms with van der Waals surface area (Å²) in [6.07, 6.45) is 1.23. The van der Waals surface area contributed by atoms with E-state index in [4.69, 9.17) is 9.47 Å². The molecular formula is C27H31N3O5. The molecule has 3 aromatic rings. The van der Waals surface area contributed by atoms with E-state index in [0.29, 0.717) is 11.4 Å². The first kappa shape index (κ1) is 25.7. The van der Waals surface area contributed by atoms with E-state index in [1.54, 1.807) is 30.3 Å². The molecule has 0 aliphatic heterocycles. The second-order valence-corrected chi connectivity index (χ2v) is 9.47. The van der Waals surface area contributed by atoms with Crippen LogP contribution in [0.5, 0.6) is 5.75 Å². The number of benzene rings is 2. The number of nitro benzene ring substituents is 1. The highest BCUT2D eigenvalue weighted by Gasteiger charge is 2.26. The first-order valence-corrected chi connectivity index (χ1v) is 11.3. The van der Waals surface area contributed by atoms with Crippen molar-refractivity contribution in [2.45, 2.75) is 53.7 Å². The van der Waals surface area contributed by atoms with Gasteiger partial charge in [0.2, 0.25) is 0 Å². The Morgan fingerprint density at radius 3 is 2.29 bits per heavy atom. The van der Waals surface area contributed by atoms with Gasteiger partial charge in [-0.05, 0) is 82.5 Å². The van der Waals surface area contributed by atoms with Crippen LogP contribution in [-0.4, -0.2) is 28.7 Å². The predicted molar refractivity (Wildman–Crippen MR) is 136 cm³/mol. The van der Waals surface area contributed by atoms with Gasteiger partial charge >= 0.3 is 6.09 Å². The summed E-state index contributed by atoms with van der Waals surface area (Å²) in [4.78, 5) is 30.1. The van der Waals surface area contributed by atoms with E-state index in [2.05, 4.69) is 4.98 Å². The fourth-order valence-electron chi connectivity index (χ4n) is 3.82. The zero-order valence-electron chi connectivity index (χ0n) is 21.2. The number of non-ortho nitro benzene ring substituents is 1. The number of amides is 1. The number of aryl methyl sites for hydroxylation is 2. The van der Waals surface area contributed by atoms with Crippen LogP contribution in [0.15, 0.2) is 48.7 Å². The molecule has 0 saturated carbocycles. The number of hydrogen-bond acceptors (Lipinski definition) is 6. The van der Waals surface area contributed by atoms with E-state index in [9.17, 15) is 14.9 Å². The van der Waals surface area contributed by atoms with E-state index in [0.717, 1.165) is 33.6 Å². The molecule has 0 aliphatic carbocycles. The van der Waals surface area contributed by atoms with Crippen molar-refractivity contribution in [1.82, 2.24) is 4.98 Å². The first-order valence-electron chi connectivity index (χ1n) is 11.3. The molecule has 0 unspecified atom stereocenters. The van der Waals surface area contributed by atoms with Gasteiger partial charge in [0.15, 0.2) is 0 Å². The van der Waals surface area contributed by atoms with Crippen LogP contribution in [0, 0.1) is 30.9 Å². The maximum absolute atomic E-state index is 13.3. The van der Waals surface area contributed by atoms with Gasteiger partial charge in [0.05, 0.1) is 24.3 Å². The minimum absolute atomic E-state index is 0.0203. The highest BCUT2D eigenvalue weighted by atomic mass is 16.6. The molecular weight excluding hydrogens is 446 g/mol. The van der Waals surface area contributed by atoms with Crippen LogP contribution in [0.2, 0.25) is 0 Å². The number of anilines is 1. The van der Waals surface area contributed by atoms with Crippen LogP contribution in [0.4, 0.5) is 16.2 Å². The summed E-state index contributed by atoms with van der Waals surface area (Å²) in [6, 6.07) is 12.1. The van der Waals surface area contributed by atoms with Gasteiger partial charge in [0.25, 0.3) is 5.69 Å². The Bertz CT molecular complexity index is 1250. The van der Waals surface area contributed by atoms with Gasteiger partial charge in [-0.3, -0.25) is 20.0 Å². The normalized spacial score (nSPS) is 11.2. The molecule has 35 heavy (non-hydrogen) atoms. The van der Waals surface area contributed by atoms with Crippen molar-refractivity contribution in [2.75, 3.05) is 12.0 Å². The molecule has 1 aromatic heterocycles. The van der Waals surface area contributed by atoms with E-state index >= 15 is 0 Å². The van der Waals surface area contributed by atoms with Crippen molar-refractivity contribution in [3.8, 4) is 16.9 Å². The van der Waals surface area contributed by atoms with E-state index in [1.165, 1.54) is 12.1 Å². The van der Waals surface area contributed by atoms with Crippen molar-refractivity contribution >= 4 is 17.5 Å². The molecule has 184 valence electrons. The number of ether oxygens (including phenoxy) is 2. The number of nitro groups is 1. The first-order chi connectivity index (χ1) is 16.4. The molecule has 0 N–H and O–H groups in total. The Morgan fingerprint density at radius 1 is 1.06 bits per heavy atom. The van der Waals surface area contributed by atoms with Crippen molar-refractivity contribution < 1.29 is 19.2 Å². The number of methoxy groups -OCH3 is 1. The Morgan fingerprint density at radius 2 is 1.71 bits per heavy atom. The largest absolute Gasteiger partial charge is 0.496 e. The molecule has 1 heterocycles. The van der Waals surface area contributed by atoms with Crippen LogP contribution in [0.1, 0.15) is 43.2 Å². The fourth-order valence-corrected chi connectivity index (χ4v) is 3.82. The summed E-state index contributed by atoms with van der Waals surface area (Å²) < 4.78 is 11.3. The zero-order valence-corrected chi connectivity index (χ0v) is 21.2. The van der Waals surface area contributed by atoms with Crippen LogP contribution in [-0.2, 0) is 11.3 Å². The summed E-state index contributed by atoms with van der Waals surface area (Å²) in [5.74, 6) is 0.731. The van der Waals surface area contributed by atoms with Crippen LogP contribution < -0.4 is 9.64 Å². The number of aromatic nitrogens is 1. The zero-order chi connectivity index (χ0) is 25.9. The van der Waals surface area contributed by atoms with Crippen LogP contribution in [0.25, 0.3) is 11.1 Å². The third-order valence-corrected chi connectivity index (χ3v) is 5.46. The highest BCUT2D eigenvalue weighted by molar-refractivity contribution is 5.89. The lowest BCUT2D eigenvalue weighted by molar-refractivity contribution is -0.384. The second-order valence-electron chi connectivity index (χ2n) is 9.47. The van der Waals surface area contributed by atoms with Gasteiger partial charge in [-0.15, -0.1) is 0 Å². The lowest BCUT2D eigenvalue weighted by atomic mass is 10.0. The van der Waals surface area contributed by atoms with Crippen molar-refractivity contribution in [3.05, 3.63) is 81.2 Å². The maximum atomic E-state index is 13.3. The quantitative estimate of drug-likeness (QED) is 0.296. The Kier molecular flexibility index (Phi) is 7.43. The van der Waals surface area contributed by atoms with Crippen LogP contribution in [0.3, 0.4) is 0 Å². The molecule has 0 bridgehead atoms. The fraction of sp³-hybridized carbons (Fsp3) is 0.333. The van der Waals surface area contributed by atoms with E-state index < -0.39 is 16.6 Å². The van der Waals surface area contributed by atoms with Gasteiger partial charge in [0.1, 0.15) is 11.4 Å². The van der Waals surface area contributed by atoms with Crippen molar-refractivity contribution in [2.24, 2.45) is 0 Å². The summed E-state index contributed by atoms with van der Waals surface area (Å²) in [5.41, 5.74) is 4.98. The average molecular weight is 478 g/mol. The van der Waals surface area contributed by atoms with Gasteiger partial charge < -0.3 is 9.47 Å². The summed E-state index contributed by atoms with van der Waals surface area (Å²) in [7, 11) is 1.61. The van der Waals surface area contributed by atoms with Crippen molar-refractivity contribution in [3.63, 3.8) is 0 Å². The van der Waals surface area contributed by atoms with E-state index in [-0.39, 0.29) is 12.2 Å². The number of carbonyl (C=O) groups excluding carboxylic acids is 1. The third-order valence-electron chi connectivity index (χ3n) is 5.46. The average Bonchev–Trinajstić information content (AvgIpc) is 2.77. The molecule has 0 radical (unpaired) electrons. The monoisotopic (exact) mass is 477 g/mol. The van der Waals surface area contributed by atoms with Gasteiger partial charge in [0, 0.05) is 35.1 Å². The number of pyridine rings is 1. The standard InChI is InChI=1S/C27H31N3O5/c1-17-12-21(20-8-10-22(11-9-20)30(32)33)14-23(13-17)29(26(31)35-27(4,5)6)16-24-19(3)25(34-7)18(2)15-28-24/h8-15H,16H2,1-7H3. The number of hydrogen-bond donors (Lipinski definition) is 0. The minimum Gasteiger partial charge on any atom is -0.496 e. The third kappa shape index (κ3) is 6.15. The van der Waals surface area contributed by atoms with Gasteiger partial charge in [-0.1, -0.05) is 6.07 Å². The molecule has 0 aliphatic rings. The molecule has 1 amide bonds. The molecule has 0 saturated heterocycles. The lowest BCUT2D eigenvalue weighted by Crippen LogP contribution is -2.37. The SMILES string of the molecule is COc1c(C)cnc(CN(C(=O)OC(C)(C)C)c2cc(C)cc(-c3ccc([N+](=O)[O-])cc3)c2)c1C. The minimum atomic E-state index is -0.687. The molecule has 0 atom stereocenters. The van der Waals surface area contributed by atoms with E-state index in [1.807, 2.05) is 59.7 Å².